The van der Waals surface area contributed by atoms with Crippen molar-refractivity contribution >= 4 is 45.9 Å². The van der Waals surface area contributed by atoms with Crippen molar-refractivity contribution in [2.45, 2.75) is 53.7 Å². The van der Waals surface area contributed by atoms with Crippen LogP contribution in [0.15, 0.2) is 5.16 Å². The number of nitrogens with zero attached hydrogens (tertiary/aromatic N) is 2. The molecule has 2 rings (SSSR count). The largest absolute Gasteiger partial charge is 0.394 e. The summed E-state index contributed by atoms with van der Waals surface area (Å²) in [4.78, 5) is 8.94. The number of alkyl halides is 1. The minimum absolute atomic E-state index is 0.119. The average Bonchev–Trinajstić information content (AvgIpc) is 2.88. The molecule has 10 heteroatoms. The van der Waals surface area contributed by atoms with Gasteiger partial charge >= 0.3 is 0 Å². The van der Waals surface area contributed by atoms with Crippen molar-refractivity contribution in [1.29, 1.82) is 0 Å². The van der Waals surface area contributed by atoms with Crippen molar-refractivity contribution < 1.29 is 20.1 Å². The Hall–Kier alpha value is -0.400. The average molecular weight is 484 g/mol. The highest BCUT2D eigenvalue weighted by Gasteiger charge is 2.42. The zero-order valence-corrected chi connectivity index (χ0v) is 17.0. The number of thioether (sulfide) groups is 1. The highest BCUT2D eigenvalue weighted by Crippen LogP contribution is 2.31. The number of aromatic nitrogens is 2. The second-order valence-electron chi connectivity index (χ2n) is 5.80. The Bertz CT molecular complexity index is 569. The van der Waals surface area contributed by atoms with Crippen LogP contribution in [0.3, 0.4) is 0 Å². The standard InChI is InChI=1S/C15H25IN4O4S/c1-2-5-25-15-19-9(7-16)11(17)14(20-15)18-8-6-10(24-4-3-21)13(23)12(8)22/h8,10,12-13,21-23H,2-7,17H2,1H3,(H,18,19,20)/t8-,10+,12+,13-/m1/s1. The van der Waals surface area contributed by atoms with Crippen LogP contribution in [0, 0.1) is 0 Å². The highest BCUT2D eigenvalue weighted by molar-refractivity contribution is 14.1. The number of aliphatic hydroxyl groups excluding tert-OH is 3. The Kier molecular flexibility index (Phi) is 8.42. The molecule has 4 atom stereocenters. The Labute approximate surface area is 165 Å². The van der Waals surface area contributed by atoms with Gasteiger partial charge in [0.2, 0.25) is 0 Å². The molecular formula is C15H25IN4O4S. The van der Waals surface area contributed by atoms with E-state index in [1.807, 2.05) is 0 Å². The quantitative estimate of drug-likeness (QED) is 0.149. The summed E-state index contributed by atoms with van der Waals surface area (Å²) in [5.74, 6) is 1.38. The zero-order valence-electron chi connectivity index (χ0n) is 14.1. The third-order valence-electron chi connectivity index (χ3n) is 3.94. The minimum Gasteiger partial charge on any atom is -0.394 e. The summed E-state index contributed by atoms with van der Waals surface area (Å²) < 4.78 is 6.04. The fraction of sp³-hybridized carbons (Fsp3) is 0.733. The molecule has 0 bridgehead atoms. The number of hydrogen-bond acceptors (Lipinski definition) is 9. The lowest BCUT2D eigenvalue weighted by molar-refractivity contribution is -0.0612. The summed E-state index contributed by atoms with van der Waals surface area (Å²) in [6.07, 6.45) is -1.17. The smallest absolute Gasteiger partial charge is 0.189 e. The topological polar surface area (TPSA) is 134 Å². The normalized spacial score (nSPS) is 26.1. The molecule has 0 amide bonds. The molecule has 25 heavy (non-hydrogen) atoms. The predicted octanol–water partition coefficient (Wildman–Crippen LogP) is 0.779. The maximum Gasteiger partial charge on any atom is 0.189 e. The number of nitrogens with two attached hydrogens (primary N) is 1. The molecule has 0 spiro atoms. The Morgan fingerprint density at radius 3 is 2.76 bits per heavy atom. The first kappa shape index (κ1) is 20.9. The van der Waals surface area contributed by atoms with Crippen molar-refractivity contribution in [3.05, 3.63) is 5.69 Å². The van der Waals surface area contributed by atoms with Gasteiger partial charge in [0.15, 0.2) is 11.0 Å². The first-order valence-electron chi connectivity index (χ1n) is 8.22. The van der Waals surface area contributed by atoms with Gasteiger partial charge in [-0.05, 0) is 12.8 Å². The van der Waals surface area contributed by atoms with E-state index in [-0.39, 0.29) is 13.2 Å². The third-order valence-corrected chi connectivity index (χ3v) is 5.72. The molecule has 6 N–H and O–H groups in total. The van der Waals surface area contributed by atoms with Crippen LogP contribution in [0.2, 0.25) is 0 Å². The lowest BCUT2D eigenvalue weighted by atomic mass is 10.2. The number of aliphatic hydroxyl groups is 3. The summed E-state index contributed by atoms with van der Waals surface area (Å²) >= 11 is 3.76. The molecule has 1 heterocycles. The predicted molar refractivity (Wildman–Crippen MR) is 106 cm³/mol. The fourth-order valence-electron chi connectivity index (χ4n) is 2.64. The van der Waals surface area contributed by atoms with E-state index in [2.05, 4.69) is 44.8 Å². The highest BCUT2D eigenvalue weighted by atomic mass is 127. The molecule has 8 nitrogen and oxygen atoms in total. The van der Waals surface area contributed by atoms with Crippen LogP contribution in [0.5, 0.6) is 0 Å². The number of anilines is 2. The summed E-state index contributed by atoms with van der Waals surface area (Å²) in [6, 6.07) is -0.443. The fourth-order valence-corrected chi connectivity index (χ4v) is 3.94. The van der Waals surface area contributed by atoms with Gasteiger partial charge in [0.05, 0.1) is 36.7 Å². The monoisotopic (exact) mass is 484 g/mol. The minimum atomic E-state index is -1.02. The van der Waals surface area contributed by atoms with E-state index in [1.54, 1.807) is 11.8 Å². The molecule has 1 saturated carbocycles. The summed E-state index contributed by atoms with van der Waals surface area (Å²) in [6.45, 7) is 2.08. The van der Waals surface area contributed by atoms with E-state index in [0.29, 0.717) is 27.5 Å². The van der Waals surface area contributed by atoms with Crippen molar-refractivity contribution in [3.63, 3.8) is 0 Å². The maximum atomic E-state index is 10.3. The van der Waals surface area contributed by atoms with Crippen LogP contribution < -0.4 is 11.1 Å². The van der Waals surface area contributed by atoms with Crippen molar-refractivity contribution in [3.8, 4) is 0 Å². The molecule has 0 aliphatic heterocycles. The lowest BCUT2D eigenvalue weighted by Gasteiger charge is -2.20. The number of ether oxygens (including phenoxy) is 1. The van der Waals surface area contributed by atoms with Crippen LogP contribution in [0.1, 0.15) is 25.5 Å². The summed E-state index contributed by atoms with van der Waals surface area (Å²) in [5.41, 5.74) is 7.36. The molecule has 0 radical (unpaired) electrons. The molecule has 1 aliphatic rings. The Morgan fingerprint density at radius 2 is 2.12 bits per heavy atom. The van der Waals surface area contributed by atoms with Crippen molar-refractivity contribution in [1.82, 2.24) is 9.97 Å². The van der Waals surface area contributed by atoms with Gasteiger partial charge in [-0.15, -0.1) is 0 Å². The second kappa shape index (κ2) is 10.1. The Balaban J connectivity index is 2.15. The van der Waals surface area contributed by atoms with E-state index in [4.69, 9.17) is 15.6 Å². The number of halogens is 1. The van der Waals surface area contributed by atoms with Gasteiger partial charge in [0.1, 0.15) is 12.2 Å². The summed E-state index contributed by atoms with van der Waals surface area (Å²) in [5, 5.41) is 33.0. The van der Waals surface area contributed by atoms with Gasteiger partial charge in [-0.1, -0.05) is 41.3 Å². The molecule has 0 saturated heterocycles. The molecule has 0 aromatic carbocycles. The van der Waals surface area contributed by atoms with Gasteiger partial charge in [-0.2, -0.15) is 0 Å². The number of hydrogen-bond donors (Lipinski definition) is 5. The SMILES string of the molecule is CCCSc1nc(CI)c(N)c(N[C@@H]2C[C@H](OCCO)[C@@H](O)[C@H]2O)n1. The molecule has 1 aromatic heterocycles. The van der Waals surface area contributed by atoms with Crippen LogP contribution >= 0.6 is 34.4 Å². The van der Waals surface area contributed by atoms with Gasteiger partial charge in [0, 0.05) is 10.2 Å². The van der Waals surface area contributed by atoms with Crippen LogP contribution in [-0.2, 0) is 9.16 Å². The van der Waals surface area contributed by atoms with Crippen molar-refractivity contribution in [2.24, 2.45) is 0 Å². The molecule has 1 fully saturated rings. The third kappa shape index (κ3) is 5.30. The van der Waals surface area contributed by atoms with E-state index in [0.717, 1.165) is 17.9 Å². The zero-order chi connectivity index (χ0) is 18.4. The molecule has 1 aliphatic carbocycles. The summed E-state index contributed by atoms with van der Waals surface area (Å²) in [7, 11) is 0. The van der Waals surface area contributed by atoms with E-state index < -0.39 is 24.4 Å². The van der Waals surface area contributed by atoms with Gasteiger partial charge in [-0.3, -0.25) is 0 Å². The maximum absolute atomic E-state index is 10.3. The lowest BCUT2D eigenvalue weighted by Crippen LogP contribution is -2.36. The van der Waals surface area contributed by atoms with E-state index >= 15 is 0 Å². The first-order valence-corrected chi connectivity index (χ1v) is 10.7. The molecule has 142 valence electrons. The van der Waals surface area contributed by atoms with Crippen LogP contribution in [-0.4, -0.2) is 68.6 Å². The molecule has 1 aromatic rings. The number of nitrogen functional groups attached to an aromatic ring is 1. The van der Waals surface area contributed by atoms with Crippen LogP contribution in [0.25, 0.3) is 0 Å². The van der Waals surface area contributed by atoms with Gasteiger partial charge in [0.25, 0.3) is 0 Å². The second-order valence-corrected chi connectivity index (χ2v) is 7.62. The Morgan fingerprint density at radius 1 is 1.36 bits per heavy atom. The number of nitrogens with one attached hydrogen (secondary N) is 1. The van der Waals surface area contributed by atoms with Crippen LogP contribution in [0.4, 0.5) is 11.5 Å². The van der Waals surface area contributed by atoms with E-state index in [9.17, 15) is 10.2 Å². The first-order chi connectivity index (χ1) is 12.0. The van der Waals surface area contributed by atoms with Crippen molar-refractivity contribution in [2.75, 3.05) is 30.0 Å². The molecule has 0 unspecified atom stereocenters. The van der Waals surface area contributed by atoms with Gasteiger partial charge < -0.3 is 31.1 Å². The number of rotatable bonds is 9. The van der Waals surface area contributed by atoms with Gasteiger partial charge in [-0.25, -0.2) is 9.97 Å². The molecular weight excluding hydrogens is 459 g/mol. The van der Waals surface area contributed by atoms with E-state index in [1.165, 1.54) is 0 Å².